The normalized spacial score (nSPS) is 36.0. The smallest absolute Gasteiger partial charge is 0.113 e. The molecule has 0 unspecified atom stereocenters. The highest BCUT2D eigenvalue weighted by molar-refractivity contribution is 7.92. The fourth-order valence-electron chi connectivity index (χ4n) is 0.900. The summed E-state index contributed by atoms with van der Waals surface area (Å²) in [5, 5.41) is 0. The number of hydrogen-bond acceptors (Lipinski definition) is 1. The summed E-state index contributed by atoms with van der Waals surface area (Å²) >= 11 is -0.469. The third-order valence-electron chi connectivity index (χ3n) is 2.00. The molecule has 0 aromatic carbocycles. The highest BCUT2D eigenvalue weighted by atomic mass is 32.2. The maximum absolute atomic E-state index is 10.7. The molecule has 0 aromatic rings. The Morgan fingerprint density at radius 2 is 1.78 bits per heavy atom. The van der Waals surface area contributed by atoms with E-state index in [-0.39, 0.29) is 0 Å². The minimum atomic E-state index is -0.469. The Bertz CT molecular complexity index is 100.0. The maximum Gasteiger partial charge on any atom is 0.113 e. The van der Waals surface area contributed by atoms with Crippen LogP contribution in [0.5, 0.6) is 0 Å². The van der Waals surface area contributed by atoms with Crippen LogP contribution in [0.2, 0.25) is 0 Å². The van der Waals surface area contributed by atoms with Crippen molar-refractivity contribution >= 4 is 11.2 Å². The highest BCUT2D eigenvalue weighted by Gasteiger charge is 2.40. The quantitative estimate of drug-likeness (QED) is 0.474. The molecule has 1 aliphatic rings. The van der Waals surface area contributed by atoms with E-state index < -0.39 is 11.2 Å². The van der Waals surface area contributed by atoms with Gasteiger partial charge in [0, 0.05) is 0 Å². The Morgan fingerprint density at radius 1 is 1.33 bits per heavy atom. The second kappa shape index (κ2) is 2.17. The van der Waals surface area contributed by atoms with E-state index in [2.05, 4.69) is 20.8 Å². The van der Waals surface area contributed by atoms with Crippen molar-refractivity contribution in [1.82, 2.24) is 0 Å². The van der Waals surface area contributed by atoms with E-state index >= 15 is 0 Å². The average molecular weight is 146 g/mol. The van der Waals surface area contributed by atoms with Crippen LogP contribution in [0.3, 0.4) is 0 Å². The predicted octanol–water partition coefficient (Wildman–Crippen LogP) is 1.41. The lowest BCUT2D eigenvalue weighted by Crippen LogP contribution is -2.43. The molecule has 1 heterocycles. The summed E-state index contributed by atoms with van der Waals surface area (Å²) in [6.45, 7) is 6.65. The molecular weight excluding hydrogens is 132 g/mol. The van der Waals surface area contributed by atoms with Gasteiger partial charge in [-0.05, 0) is 5.41 Å². The van der Waals surface area contributed by atoms with E-state index in [4.69, 9.17) is 0 Å². The minimum absolute atomic E-state index is 0.383. The van der Waals surface area contributed by atoms with Crippen LogP contribution in [0.25, 0.3) is 0 Å². The monoisotopic (exact) mass is 146 g/mol. The molecule has 0 bridgehead atoms. The van der Waals surface area contributed by atoms with E-state index in [1.165, 1.54) is 0 Å². The molecule has 0 amide bonds. The van der Waals surface area contributed by atoms with E-state index in [0.29, 0.717) is 11.3 Å². The third kappa shape index (κ3) is 1.62. The van der Waals surface area contributed by atoms with Crippen molar-refractivity contribution in [1.29, 1.82) is 0 Å². The van der Waals surface area contributed by atoms with Gasteiger partial charge in [0.1, 0.15) is 11.5 Å². The Kier molecular flexibility index (Phi) is 1.79. The van der Waals surface area contributed by atoms with Crippen molar-refractivity contribution in [3.8, 4) is 0 Å². The van der Waals surface area contributed by atoms with Gasteiger partial charge < -0.3 is 4.55 Å². The summed E-state index contributed by atoms with van der Waals surface area (Å²) in [5.74, 6) is 2.57. The molecule has 0 N–H and O–H groups in total. The summed E-state index contributed by atoms with van der Waals surface area (Å²) in [4.78, 5) is 0. The first-order valence-corrected chi connectivity index (χ1v) is 4.84. The molecule has 0 aromatic heterocycles. The standard InChI is InChI=1S/C7H14OS/c1-7(2,3)6-4-9(8)5-6/h6H,4-5H2,1-3H3. The van der Waals surface area contributed by atoms with Crippen LogP contribution in [0.15, 0.2) is 0 Å². The molecule has 1 rings (SSSR count). The van der Waals surface area contributed by atoms with Gasteiger partial charge in [0.2, 0.25) is 0 Å². The number of hydrogen-bond donors (Lipinski definition) is 0. The second-order valence-corrected chi connectivity index (χ2v) is 5.38. The summed E-state index contributed by atoms with van der Waals surface area (Å²) in [6.07, 6.45) is 0. The third-order valence-corrected chi connectivity index (χ3v) is 3.55. The van der Waals surface area contributed by atoms with Crippen LogP contribution in [0.4, 0.5) is 0 Å². The van der Waals surface area contributed by atoms with Crippen molar-refractivity contribution in [2.75, 3.05) is 11.5 Å². The lowest BCUT2D eigenvalue weighted by Gasteiger charge is -2.37. The van der Waals surface area contributed by atoms with Gasteiger partial charge in [-0.2, -0.15) is 0 Å². The van der Waals surface area contributed by atoms with Gasteiger partial charge in [0.25, 0.3) is 0 Å². The molecule has 1 fully saturated rings. The van der Waals surface area contributed by atoms with Crippen LogP contribution in [0, 0.1) is 11.3 Å². The average Bonchev–Trinajstić information content (AvgIpc) is 1.55. The topological polar surface area (TPSA) is 23.1 Å². The van der Waals surface area contributed by atoms with Crippen LogP contribution in [-0.4, -0.2) is 16.1 Å². The van der Waals surface area contributed by atoms with Crippen LogP contribution < -0.4 is 0 Å². The summed E-state index contributed by atoms with van der Waals surface area (Å²) in [5.41, 5.74) is 0.383. The largest absolute Gasteiger partial charge is 0.616 e. The van der Waals surface area contributed by atoms with E-state index in [9.17, 15) is 4.55 Å². The first-order chi connectivity index (χ1) is 4.00. The second-order valence-electron chi connectivity index (χ2n) is 3.84. The molecule has 0 saturated carbocycles. The van der Waals surface area contributed by atoms with Crippen molar-refractivity contribution in [3.05, 3.63) is 0 Å². The van der Waals surface area contributed by atoms with Crippen LogP contribution >= 0.6 is 0 Å². The van der Waals surface area contributed by atoms with Gasteiger partial charge in [-0.15, -0.1) is 0 Å². The van der Waals surface area contributed by atoms with Gasteiger partial charge in [0.05, 0.1) is 5.92 Å². The summed E-state index contributed by atoms with van der Waals surface area (Å²) < 4.78 is 10.7. The van der Waals surface area contributed by atoms with Gasteiger partial charge >= 0.3 is 0 Å². The fraction of sp³-hybridized carbons (Fsp3) is 1.00. The lowest BCUT2D eigenvalue weighted by atomic mass is 9.83. The predicted molar refractivity (Wildman–Crippen MR) is 40.8 cm³/mol. The zero-order valence-electron chi connectivity index (χ0n) is 6.31. The molecule has 1 saturated heterocycles. The Balaban J connectivity index is 2.32. The fourth-order valence-corrected chi connectivity index (χ4v) is 2.70. The van der Waals surface area contributed by atoms with Crippen LogP contribution in [-0.2, 0) is 11.2 Å². The minimum Gasteiger partial charge on any atom is -0.616 e. The van der Waals surface area contributed by atoms with Crippen molar-refractivity contribution in [2.24, 2.45) is 11.3 Å². The van der Waals surface area contributed by atoms with Crippen LogP contribution in [0.1, 0.15) is 20.8 Å². The van der Waals surface area contributed by atoms with Crippen molar-refractivity contribution < 1.29 is 4.55 Å². The van der Waals surface area contributed by atoms with Crippen molar-refractivity contribution in [3.63, 3.8) is 0 Å². The highest BCUT2D eigenvalue weighted by Crippen LogP contribution is 2.34. The van der Waals surface area contributed by atoms with Gasteiger partial charge in [-0.25, -0.2) is 0 Å². The molecule has 0 atom stereocenters. The summed E-state index contributed by atoms with van der Waals surface area (Å²) in [6, 6.07) is 0. The molecule has 2 heteroatoms. The molecule has 1 aliphatic heterocycles. The number of rotatable bonds is 0. The van der Waals surface area contributed by atoms with E-state index in [1.54, 1.807) is 0 Å². The van der Waals surface area contributed by atoms with Gasteiger partial charge in [0.15, 0.2) is 0 Å². The van der Waals surface area contributed by atoms with Crippen molar-refractivity contribution in [2.45, 2.75) is 20.8 Å². The van der Waals surface area contributed by atoms with E-state index in [1.807, 2.05) is 0 Å². The first kappa shape index (κ1) is 7.42. The molecule has 0 radical (unpaired) electrons. The Hall–Kier alpha value is 0.310. The molecule has 54 valence electrons. The Labute approximate surface area is 60.0 Å². The van der Waals surface area contributed by atoms with E-state index in [0.717, 1.165) is 11.5 Å². The zero-order valence-corrected chi connectivity index (χ0v) is 7.12. The molecular formula is C7H14OS. The lowest BCUT2D eigenvalue weighted by molar-refractivity contribution is 0.268. The molecule has 1 nitrogen and oxygen atoms in total. The molecule has 0 aliphatic carbocycles. The molecule has 0 spiro atoms. The SMILES string of the molecule is CC(C)(C)C1C[S+]([O-])C1. The Morgan fingerprint density at radius 3 is 1.89 bits per heavy atom. The van der Waals surface area contributed by atoms with Gasteiger partial charge in [-0.3, -0.25) is 0 Å². The first-order valence-electron chi connectivity index (χ1n) is 3.35. The zero-order chi connectivity index (χ0) is 7.07. The maximum atomic E-state index is 10.7. The molecule has 9 heavy (non-hydrogen) atoms. The van der Waals surface area contributed by atoms with Gasteiger partial charge in [-0.1, -0.05) is 31.9 Å². The summed E-state index contributed by atoms with van der Waals surface area (Å²) in [7, 11) is 0.